The summed E-state index contributed by atoms with van der Waals surface area (Å²) in [6, 6.07) is 12.1. The second kappa shape index (κ2) is 8.23. The predicted molar refractivity (Wildman–Crippen MR) is 120 cm³/mol. The fraction of sp³-hybridized carbons (Fsp3) is 0.190. The molecule has 0 aliphatic rings. The van der Waals surface area contributed by atoms with Crippen molar-refractivity contribution in [2.45, 2.75) is 19.0 Å². The molecule has 2 aromatic carbocycles. The van der Waals surface area contributed by atoms with Crippen molar-refractivity contribution in [1.29, 1.82) is 0 Å². The molecule has 0 radical (unpaired) electrons. The number of nitrogens with one attached hydrogen (secondary N) is 2. The number of hydrogen-bond donors (Lipinski definition) is 2. The average Bonchev–Trinajstić information content (AvgIpc) is 3.18. The van der Waals surface area contributed by atoms with Crippen molar-refractivity contribution in [3.63, 3.8) is 0 Å². The second-order valence-corrected chi connectivity index (χ2v) is 7.98. The van der Waals surface area contributed by atoms with Gasteiger partial charge in [0.2, 0.25) is 11.7 Å². The van der Waals surface area contributed by atoms with Crippen LogP contribution in [0.1, 0.15) is 11.1 Å². The Morgan fingerprint density at radius 2 is 1.84 bits per heavy atom. The largest absolute Gasteiger partial charge is 0.325 e. The Bertz CT molecular complexity index is 1390. The number of thioether (sulfide) groups is 1. The van der Waals surface area contributed by atoms with Gasteiger partial charge in [-0.3, -0.25) is 23.9 Å². The number of carbonyl (C=O) groups excluding carboxylic acids is 2. The third kappa shape index (κ3) is 3.89. The van der Waals surface area contributed by atoms with Gasteiger partial charge in [-0.2, -0.15) is 0 Å². The number of amides is 3. The Morgan fingerprint density at radius 1 is 1.06 bits per heavy atom. The number of imide groups is 1. The Labute approximate surface area is 181 Å². The standard InChI is InChI=1S/C21H20N6O3S/c1-12-7-6-9-15(13(12)2)22-19(30)23-17(28)11-31-21-25-24-20-26(3)18(29)14-8-4-5-10-16(14)27(20)21/h4-10H,11H2,1-3H3,(H2,22,23,28,30). The molecule has 0 spiro atoms. The third-order valence-corrected chi connectivity index (χ3v) is 5.96. The van der Waals surface area contributed by atoms with Crippen LogP contribution >= 0.6 is 11.8 Å². The van der Waals surface area contributed by atoms with E-state index in [2.05, 4.69) is 20.8 Å². The highest BCUT2D eigenvalue weighted by Gasteiger charge is 2.17. The SMILES string of the molecule is Cc1cccc(NC(=O)NC(=O)CSc2nnc3n(C)c(=O)c4ccccc4n23)c1C. The molecule has 0 atom stereocenters. The van der Waals surface area contributed by atoms with Crippen LogP contribution in [0.25, 0.3) is 16.7 Å². The number of aromatic nitrogens is 4. The maximum Gasteiger partial charge on any atom is 0.325 e. The Morgan fingerprint density at radius 3 is 2.65 bits per heavy atom. The zero-order valence-corrected chi connectivity index (χ0v) is 18.0. The van der Waals surface area contributed by atoms with Crippen LogP contribution in [0, 0.1) is 13.8 Å². The van der Waals surface area contributed by atoms with E-state index >= 15 is 0 Å². The number of nitrogens with zero attached hydrogens (tertiary/aromatic N) is 4. The van der Waals surface area contributed by atoms with Crippen molar-refractivity contribution in [2.75, 3.05) is 11.1 Å². The molecular formula is C21H20N6O3S. The van der Waals surface area contributed by atoms with E-state index in [9.17, 15) is 14.4 Å². The summed E-state index contributed by atoms with van der Waals surface area (Å²) in [5.41, 5.74) is 3.11. The minimum Gasteiger partial charge on any atom is -0.307 e. The van der Waals surface area contributed by atoms with E-state index in [-0.39, 0.29) is 11.3 Å². The summed E-state index contributed by atoms with van der Waals surface area (Å²) in [6.07, 6.45) is 0. The first-order chi connectivity index (χ1) is 14.9. The number of para-hydroxylation sites is 1. The number of fused-ring (bicyclic) bond motifs is 3. The van der Waals surface area contributed by atoms with Crippen LogP contribution in [-0.4, -0.2) is 36.9 Å². The summed E-state index contributed by atoms with van der Waals surface area (Å²) in [5.74, 6) is -0.143. The molecule has 4 aromatic rings. The van der Waals surface area contributed by atoms with E-state index in [0.29, 0.717) is 27.5 Å². The quantitative estimate of drug-likeness (QED) is 0.476. The van der Waals surface area contributed by atoms with Gasteiger partial charge in [0.15, 0.2) is 5.16 Å². The molecule has 0 aliphatic heterocycles. The molecule has 3 amide bonds. The van der Waals surface area contributed by atoms with Gasteiger partial charge in [-0.15, -0.1) is 10.2 Å². The highest BCUT2D eigenvalue weighted by atomic mass is 32.2. The normalized spacial score (nSPS) is 11.1. The molecule has 0 saturated carbocycles. The van der Waals surface area contributed by atoms with Gasteiger partial charge in [0.25, 0.3) is 5.56 Å². The smallest absolute Gasteiger partial charge is 0.307 e. The van der Waals surface area contributed by atoms with Crippen molar-refractivity contribution in [3.8, 4) is 0 Å². The number of benzene rings is 2. The van der Waals surface area contributed by atoms with Crippen LogP contribution in [0.2, 0.25) is 0 Å². The summed E-state index contributed by atoms with van der Waals surface area (Å²) in [7, 11) is 1.62. The molecule has 0 bridgehead atoms. The van der Waals surface area contributed by atoms with E-state index in [4.69, 9.17) is 0 Å². The monoisotopic (exact) mass is 436 g/mol. The van der Waals surface area contributed by atoms with Gasteiger partial charge in [0, 0.05) is 12.7 Å². The summed E-state index contributed by atoms with van der Waals surface area (Å²) >= 11 is 1.13. The predicted octanol–water partition coefficient (Wildman–Crippen LogP) is 2.64. The molecule has 0 aliphatic carbocycles. The third-order valence-electron chi connectivity index (χ3n) is 5.03. The highest BCUT2D eigenvalue weighted by Crippen LogP contribution is 2.21. The molecule has 0 unspecified atom stereocenters. The first kappa shape index (κ1) is 20.6. The maximum atomic E-state index is 12.5. The van der Waals surface area contributed by atoms with Gasteiger partial charge in [-0.25, -0.2) is 4.79 Å². The first-order valence-corrected chi connectivity index (χ1v) is 10.5. The molecule has 31 heavy (non-hydrogen) atoms. The Kier molecular flexibility index (Phi) is 5.47. The van der Waals surface area contributed by atoms with Crippen LogP contribution in [0.4, 0.5) is 10.5 Å². The molecule has 2 heterocycles. The lowest BCUT2D eigenvalue weighted by Crippen LogP contribution is -2.35. The topological polar surface area (TPSA) is 110 Å². The Balaban J connectivity index is 1.49. The molecule has 0 fully saturated rings. The lowest BCUT2D eigenvalue weighted by molar-refractivity contribution is -0.117. The number of urea groups is 1. The number of carbonyl (C=O) groups is 2. The van der Waals surface area contributed by atoms with Crippen LogP contribution < -0.4 is 16.2 Å². The fourth-order valence-corrected chi connectivity index (χ4v) is 3.98. The number of anilines is 1. The lowest BCUT2D eigenvalue weighted by atomic mass is 10.1. The summed E-state index contributed by atoms with van der Waals surface area (Å²) < 4.78 is 3.14. The lowest BCUT2D eigenvalue weighted by Gasteiger charge is -2.11. The van der Waals surface area contributed by atoms with Crippen molar-refractivity contribution in [3.05, 3.63) is 63.9 Å². The van der Waals surface area contributed by atoms with Crippen LogP contribution in [0.5, 0.6) is 0 Å². The molecule has 158 valence electrons. The van der Waals surface area contributed by atoms with Gasteiger partial charge < -0.3 is 5.32 Å². The van der Waals surface area contributed by atoms with E-state index in [1.807, 2.05) is 32.0 Å². The van der Waals surface area contributed by atoms with Gasteiger partial charge in [0.05, 0.1) is 16.7 Å². The van der Waals surface area contributed by atoms with Crippen molar-refractivity contribution < 1.29 is 9.59 Å². The fourth-order valence-electron chi connectivity index (χ4n) is 3.24. The molecule has 2 aromatic heterocycles. The molecule has 9 nitrogen and oxygen atoms in total. The Hall–Kier alpha value is -3.66. The number of hydrogen-bond acceptors (Lipinski definition) is 6. The zero-order valence-electron chi connectivity index (χ0n) is 17.2. The van der Waals surface area contributed by atoms with E-state index in [1.54, 1.807) is 35.7 Å². The molecule has 2 N–H and O–H groups in total. The van der Waals surface area contributed by atoms with E-state index in [0.717, 1.165) is 22.9 Å². The van der Waals surface area contributed by atoms with Crippen molar-refractivity contribution in [1.82, 2.24) is 24.5 Å². The molecular weight excluding hydrogens is 416 g/mol. The summed E-state index contributed by atoms with van der Waals surface area (Å²) in [4.78, 5) is 37.0. The van der Waals surface area contributed by atoms with Gasteiger partial charge in [-0.1, -0.05) is 36.0 Å². The first-order valence-electron chi connectivity index (χ1n) is 9.49. The van der Waals surface area contributed by atoms with Crippen molar-refractivity contribution in [2.24, 2.45) is 7.05 Å². The van der Waals surface area contributed by atoms with Gasteiger partial charge >= 0.3 is 6.03 Å². The number of rotatable bonds is 4. The molecule has 10 heteroatoms. The minimum atomic E-state index is -0.599. The van der Waals surface area contributed by atoms with E-state index < -0.39 is 11.9 Å². The second-order valence-electron chi connectivity index (χ2n) is 7.04. The maximum absolute atomic E-state index is 12.5. The summed E-state index contributed by atoms with van der Waals surface area (Å²) in [6.45, 7) is 3.85. The summed E-state index contributed by atoms with van der Waals surface area (Å²) in [5, 5.41) is 14.2. The molecule has 0 saturated heterocycles. The highest BCUT2D eigenvalue weighted by molar-refractivity contribution is 7.99. The molecule has 4 rings (SSSR count). The van der Waals surface area contributed by atoms with Gasteiger partial charge in [-0.05, 0) is 43.2 Å². The van der Waals surface area contributed by atoms with Crippen LogP contribution in [0.3, 0.4) is 0 Å². The van der Waals surface area contributed by atoms with Crippen molar-refractivity contribution >= 4 is 46.1 Å². The number of aryl methyl sites for hydroxylation is 2. The van der Waals surface area contributed by atoms with Crippen LogP contribution in [0.15, 0.2) is 52.4 Å². The zero-order chi connectivity index (χ0) is 22.1. The van der Waals surface area contributed by atoms with Gasteiger partial charge in [0.1, 0.15) is 0 Å². The minimum absolute atomic E-state index is 0.0435. The van der Waals surface area contributed by atoms with E-state index in [1.165, 1.54) is 4.57 Å². The average molecular weight is 436 g/mol. The van der Waals surface area contributed by atoms with Crippen LogP contribution in [-0.2, 0) is 11.8 Å².